The van der Waals surface area contributed by atoms with Gasteiger partial charge >= 0.3 is 5.97 Å². The molecule has 1 aliphatic rings. The molecule has 2 N–H and O–H groups in total. The van der Waals surface area contributed by atoms with Crippen molar-refractivity contribution in [3.63, 3.8) is 0 Å². The molecule has 1 aromatic carbocycles. The van der Waals surface area contributed by atoms with Gasteiger partial charge in [-0.1, -0.05) is 30.5 Å². The predicted molar refractivity (Wildman–Crippen MR) is 139 cm³/mol. The van der Waals surface area contributed by atoms with E-state index in [4.69, 9.17) is 28.6 Å². The topological polar surface area (TPSA) is 68.2 Å². The molecule has 0 fully saturated rings. The van der Waals surface area contributed by atoms with Gasteiger partial charge < -0.3 is 15.4 Å². The van der Waals surface area contributed by atoms with Crippen LogP contribution < -0.4 is 10.6 Å². The van der Waals surface area contributed by atoms with Crippen LogP contribution in [0.15, 0.2) is 30.6 Å². The molecule has 0 bridgehead atoms. The molecule has 34 heavy (non-hydrogen) atoms. The number of carbonyl (C=O) groups excluding carboxylic acids is 1. The molecule has 4 rings (SSSR count). The average Bonchev–Trinajstić information content (AvgIpc) is 3.34. The highest BCUT2D eigenvalue weighted by Crippen LogP contribution is 2.37. The highest BCUT2D eigenvalue weighted by molar-refractivity contribution is 7.80. The van der Waals surface area contributed by atoms with E-state index >= 15 is 0 Å². The lowest BCUT2D eigenvalue weighted by atomic mass is 9.96. The molecule has 0 aliphatic heterocycles. The fourth-order valence-corrected chi connectivity index (χ4v) is 5.84. The van der Waals surface area contributed by atoms with Crippen molar-refractivity contribution in [2.45, 2.75) is 52.0 Å². The molecule has 1 aliphatic carbocycles. The minimum absolute atomic E-state index is 0.192. The summed E-state index contributed by atoms with van der Waals surface area (Å²) < 4.78 is 21.0. The molecule has 0 unspecified atom stereocenters. The molecule has 2 aromatic heterocycles. The second kappa shape index (κ2) is 11.3. The van der Waals surface area contributed by atoms with E-state index in [1.54, 1.807) is 47.5 Å². The van der Waals surface area contributed by atoms with E-state index in [1.807, 2.05) is 0 Å². The second-order valence-electron chi connectivity index (χ2n) is 8.05. The number of aromatic nitrogens is 2. The molecular weight excluding hydrogens is 495 g/mol. The molecule has 180 valence electrons. The Bertz CT molecular complexity index is 1170. The zero-order valence-electron chi connectivity index (χ0n) is 18.8. The van der Waals surface area contributed by atoms with Crippen molar-refractivity contribution in [2.24, 2.45) is 0 Å². The number of nitrogens with one attached hydrogen (secondary N) is 2. The first-order chi connectivity index (χ1) is 16.5. The van der Waals surface area contributed by atoms with Crippen LogP contribution in [0.4, 0.5) is 15.1 Å². The maximum atomic E-state index is 14.1. The zero-order valence-corrected chi connectivity index (χ0v) is 21.2. The van der Waals surface area contributed by atoms with Crippen LogP contribution in [0.3, 0.4) is 0 Å². The molecule has 6 nitrogen and oxygen atoms in total. The third-order valence-corrected chi connectivity index (χ3v) is 7.42. The highest BCUT2D eigenvalue weighted by atomic mass is 35.5. The SMILES string of the molecule is CCOC(=O)c1c(NC(=S)Nc2cnn(Cc3c(F)cccc3Cl)c2)sc2c1CCCCCC2. The third kappa shape index (κ3) is 5.76. The molecule has 0 spiro atoms. The van der Waals surface area contributed by atoms with Gasteiger partial charge in [-0.15, -0.1) is 11.3 Å². The molecular formula is C24H26ClFN4O2S2. The Hall–Kier alpha value is -2.49. The summed E-state index contributed by atoms with van der Waals surface area (Å²) in [6, 6.07) is 4.58. The van der Waals surface area contributed by atoms with E-state index in [9.17, 15) is 9.18 Å². The second-order valence-corrected chi connectivity index (χ2v) is 9.97. The minimum Gasteiger partial charge on any atom is -0.462 e. The summed E-state index contributed by atoms with van der Waals surface area (Å²) in [5.74, 6) is -0.699. The number of thiophene rings is 1. The third-order valence-electron chi connectivity index (χ3n) is 5.65. The molecule has 3 aromatic rings. The monoisotopic (exact) mass is 520 g/mol. The van der Waals surface area contributed by atoms with E-state index in [2.05, 4.69) is 15.7 Å². The van der Waals surface area contributed by atoms with Gasteiger partial charge in [-0.05, 0) is 62.5 Å². The number of halogens is 2. The Kier molecular flexibility index (Phi) is 8.18. The van der Waals surface area contributed by atoms with Gasteiger partial charge in [-0.25, -0.2) is 9.18 Å². The number of ether oxygens (including phenoxy) is 1. The number of hydrogen-bond acceptors (Lipinski definition) is 5. The maximum Gasteiger partial charge on any atom is 0.341 e. The zero-order chi connectivity index (χ0) is 24.1. The Morgan fingerprint density at radius 2 is 2.06 bits per heavy atom. The fraction of sp³-hybridized carbons (Fsp3) is 0.375. The smallest absolute Gasteiger partial charge is 0.341 e. The van der Waals surface area contributed by atoms with Crippen LogP contribution in [0, 0.1) is 5.82 Å². The number of esters is 1. The largest absolute Gasteiger partial charge is 0.462 e. The Labute approximate surface area is 212 Å². The molecule has 0 amide bonds. The number of rotatable bonds is 6. The molecule has 0 saturated heterocycles. The van der Waals surface area contributed by atoms with Gasteiger partial charge in [0.05, 0.1) is 30.6 Å². The van der Waals surface area contributed by atoms with Crippen LogP contribution in [-0.4, -0.2) is 27.5 Å². The van der Waals surface area contributed by atoms with E-state index in [0.29, 0.717) is 38.6 Å². The van der Waals surface area contributed by atoms with Crippen LogP contribution in [-0.2, 0) is 24.1 Å². The van der Waals surface area contributed by atoms with Crippen LogP contribution in [0.25, 0.3) is 0 Å². The fourth-order valence-electron chi connectivity index (χ4n) is 4.05. The molecule has 0 atom stereocenters. The van der Waals surface area contributed by atoms with E-state index < -0.39 is 0 Å². The molecule has 2 heterocycles. The number of carbonyl (C=O) groups is 1. The van der Waals surface area contributed by atoms with Crippen molar-refractivity contribution >= 4 is 56.9 Å². The van der Waals surface area contributed by atoms with Crippen molar-refractivity contribution in [1.82, 2.24) is 9.78 Å². The number of hydrogen-bond donors (Lipinski definition) is 2. The standard InChI is InChI=1S/C24H26ClFN4O2S2/c1-2-32-23(31)21-16-8-5-3-4-6-11-20(16)34-22(21)29-24(33)28-15-12-27-30(13-15)14-17-18(25)9-7-10-19(17)26/h7,9-10,12-13H,2-6,8,11,14H2,1H3,(H2,28,29,33). The number of aryl methyl sites for hydroxylation is 1. The molecule has 0 saturated carbocycles. The number of nitrogens with zero attached hydrogens (tertiary/aromatic N) is 2. The average molecular weight is 521 g/mol. The van der Waals surface area contributed by atoms with Crippen LogP contribution in [0.2, 0.25) is 5.02 Å². The van der Waals surface area contributed by atoms with Gasteiger partial charge in [0.1, 0.15) is 10.8 Å². The normalized spacial score (nSPS) is 13.5. The quantitative estimate of drug-likeness (QED) is 0.288. The first kappa shape index (κ1) is 24.6. The van der Waals surface area contributed by atoms with Gasteiger partial charge in [0.2, 0.25) is 0 Å². The van der Waals surface area contributed by atoms with Gasteiger partial charge in [0, 0.05) is 21.7 Å². The Morgan fingerprint density at radius 1 is 1.26 bits per heavy atom. The van der Waals surface area contributed by atoms with Crippen molar-refractivity contribution in [1.29, 1.82) is 0 Å². The number of benzene rings is 1. The summed E-state index contributed by atoms with van der Waals surface area (Å²) in [4.78, 5) is 14.0. The predicted octanol–water partition coefficient (Wildman–Crippen LogP) is 6.43. The van der Waals surface area contributed by atoms with Crippen molar-refractivity contribution in [3.8, 4) is 0 Å². The first-order valence-electron chi connectivity index (χ1n) is 11.3. The summed E-state index contributed by atoms with van der Waals surface area (Å²) in [5, 5.41) is 11.9. The molecule has 10 heteroatoms. The van der Waals surface area contributed by atoms with E-state index in [1.165, 1.54) is 23.8 Å². The van der Waals surface area contributed by atoms with Crippen LogP contribution in [0.5, 0.6) is 0 Å². The number of anilines is 2. The lowest BCUT2D eigenvalue weighted by molar-refractivity contribution is 0.0526. The maximum absolute atomic E-state index is 14.1. The highest BCUT2D eigenvalue weighted by Gasteiger charge is 2.25. The summed E-state index contributed by atoms with van der Waals surface area (Å²) in [6.07, 6.45) is 9.69. The van der Waals surface area contributed by atoms with E-state index in [-0.39, 0.29) is 18.3 Å². The van der Waals surface area contributed by atoms with Gasteiger partial charge in [-0.3, -0.25) is 4.68 Å². The van der Waals surface area contributed by atoms with Crippen LogP contribution in [0.1, 0.15) is 59.0 Å². The Morgan fingerprint density at radius 3 is 2.82 bits per heavy atom. The summed E-state index contributed by atoms with van der Waals surface area (Å²) in [5.41, 5.74) is 2.69. The number of fused-ring (bicyclic) bond motifs is 1. The van der Waals surface area contributed by atoms with Gasteiger partial charge in [0.15, 0.2) is 5.11 Å². The van der Waals surface area contributed by atoms with Crippen molar-refractivity contribution in [3.05, 3.63) is 63.0 Å². The lowest BCUT2D eigenvalue weighted by Crippen LogP contribution is -2.20. The molecule has 0 radical (unpaired) electrons. The van der Waals surface area contributed by atoms with Crippen molar-refractivity contribution < 1.29 is 13.9 Å². The van der Waals surface area contributed by atoms with Crippen LogP contribution >= 0.6 is 35.2 Å². The lowest BCUT2D eigenvalue weighted by Gasteiger charge is -2.12. The minimum atomic E-state index is -0.380. The first-order valence-corrected chi connectivity index (χ1v) is 12.9. The summed E-state index contributed by atoms with van der Waals surface area (Å²) in [7, 11) is 0. The van der Waals surface area contributed by atoms with E-state index in [0.717, 1.165) is 31.2 Å². The van der Waals surface area contributed by atoms with Crippen molar-refractivity contribution in [2.75, 3.05) is 17.2 Å². The van der Waals surface area contributed by atoms with Gasteiger partial charge in [-0.2, -0.15) is 5.10 Å². The summed E-state index contributed by atoms with van der Waals surface area (Å²) >= 11 is 13.2. The van der Waals surface area contributed by atoms with Gasteiger partial charge in [0.25, 0.3) is 0 Å². The Balaban J connectivity index is 1.49. The summed E-state index contributed by atoms with van der Waals surface area (Å²) in [6.45, 7) is 2.31. The number of thiocarbonyl (C=S) groups is 1.